The van der Waals surface area contributed by atoms with Crippen molar-refractivity contribution in [1.29, 1.82) is 0 Å². The van der Waals surface area contributed by atoms with Gasteiger partial charge in [-0.15, -0.1) is 0 Å². The van der Waals surface area contributed by atoms with Crippen molar-refractivity contribution in [3.63, 3.8) is 0 Å². The molecule has 7 heteroatoms. The first kappa shape index (κ1) is 17.3. The molecule has 2 aliphatic rings. The third-order valence-corrected chi connectivity index (χ3v) is 4.82. The van der Waals surface area contributed by atoms with Gasteiger partial charge in [-0.25, -0.2) is 4.79 Å². The summed E-state index contributed by atoms with van der Waals surface area (Å²) in [5, 5.41) is 5.78. The molecule has 3 rings (SSSR count). The van der Waals surface area contributed by atoms with Crippen LogP contribution in [0.5, 0.6) is 0 Å². The zero-order chi connectivity index (χ0) is 18.0. The van der Waals surface area contributed by atoms with Crippen LogP contribution in [0.1, 0.15) is 35.7 Å². The van der Waals surface area contributed by atoms with Crippen molar-refractivity contribution >= 4 is 23.5 Å². The van der Waals surface area contributed by atoms with Crippen molar-refractivity contribution < 1.29 is 14.4 Å². The highest BCUT2D eigenvalue weighted by Gasteiger charge is 2.28. The van der Waals surface area contributed by atoms with Crippen LogP contribution in [-0.4, -0.2) is 55.5 Å². The molecule has 1 fully saturated rings. The van der Waals surface area contributed by atoms with Crippen molar-refractivity contribution in [2.75, 3.05) is 31.6 Å². The SMILES string of the molecule is CCNC(=O)N1CCC(NC(=O)c2ccc3c(c2)CCC(=O)N3C)C1. The van der Waals surface area contributed by atoms with Gasteiger partial charge in [-0.3, -0.25) is 9.59 Å². The molecule has 0 spiro atoms. The van der Waals surface area contributed by atoms with Gasteiger partial charge in [0, 0.05) is 50.4 Å². The van der Waals surface area contributed by atoms with E-state index >= 15 is 0 Å². The topological polar surface area (TPSA) is 81.8 Å². The van der Waals surface area contributed by atoms with Crippen molar-refractivity contribution in [2.24, 2.45) is 0 Å². The Morgan fingerprint density at radius 3 is 2.84 bits per heavy atom. The van der Waals surface area contributed by atoms with Crippen LogP contribution < -0.4 is 15.5 Å². The predicted octanol–water partition coefficient (Wildman–Crippen LogP) is 1.13. The summed E-state index contributed by atoms with van der Waals surface area (Å²) < 4.78 is 0. The van der Waals surface area contributed by atoms with Gasteiger partial charge in [0.25, 0.3) is 5.91 Å². The second-order valence-corrected chi connectivity index (χ2v) is 6.54. The zero-order valence-electron chi connectivity index (χ0n) is 14.7. The third kappa shape index (κ3) is 3.60. The van der Waals surface area contributed by atoms with Crippen LogP contribution in [-0.2, 0) is 11.2 Å². The van der Waals surface area contributed by atoms with E-state index < -0.39 is 0 Å². The fourth-order valence-electron chi connectivity index (χ4n) is 3.39. The number of aryl methyl sites for hydroxylation is 1. The van der Waals surface area contributed by atoms with E-state index in [9.17, 15) is 14.4 Å². The molecule has 0 radical (unpaired) electrons. The van der Waals surface area contributed by atoms with Crippen LogP contribution >= 0.6 is 0 Å². The fourth-order valence-corrected chi connectivity index (χ4v) is 3.39. The van der Waals surface area contributed by atoms with Crippen LogP contribution in [0, 0.1) is 0 Å². The molecule has 2 heterocycles. The quantitative estimate of drug-likeness (QED) is 0.862. The summed E-state index contributed by atoms with van der Waals surface area (Å²) >= 11 is 0. The number of hydrogen-bond acceptors (Lipinski definition) is 3. The minimum Gasteiger partial charge on any atom is -0.347 e. The number of urea groups is 1. The summed E-state index contributed by atoms with van der Waals surface area (Å²) in [7, 11) is 1.76. The second kappa shape index (κ2) is 7.13. The van der Waals surface area contributed by atoms with Crippen LogP contribution in [0.15, 0.2) is 18.2 Å². The minimum absolute atomic E-state index is 0.0320. The van der Waals surface area contributed by atoms with E-state index in [1.807, 2.05) is 19.1 Å². The zero-order valence-corrected chi connectivity index (χ0v) is 14.7. The molecule has 1 atom stereocenters. The van der Waals surface area contributed by atoms with Crippen LogP contribution in [0.25, 0.3) is 0 Å². The molecule has 1 unspecified atom stereocenters. The molecule has 1 aromatic rings. The lowest BCUT2D eigenvalue weighted by molar-refractivity contribution is -0.118. The molecule has 7 nitrogen and oxygen atoms in total. The Morgan fingerprint density at radius 2 is 2.08 bits per heavy atom. The average Bonchev–Trinajstić information content (AvgIpc) is 3.07. The first-order valence-corrected chi connectivity index (χ1v) is 8.72. The highest BCUT2D eigenvalue weighted by atomic mass is 16.2. The number of rotatable bonds is 3. The van der Waals surface area contributed by atoms with E-state index in [1.165, 1.54) is 0 Å². The fraction of sp³-hybridized carbons (Fsp3) is 0.500. The monoisotopic (exact) mass is 344 g/mol. The first-order chi connectivity index (χ1) is 12.0. The number of fused-ring (bicyclic) bond motifs is 1. The molecule has 0 aromatic heterocycles. The Bertz CT molecular complexity index is 704. The number of carbonyl (C=O) groups excluding carboxylic acids is 3. The molecule has 1 saturated heterocycles. The van der Waals surface area contributed by atoms with E-state index in [0.717, 1.165) is 17.7 Å². The van der Waals surface area contributed by atoms with Gasteiger partial charge < -0.3 is 20.4 Å². The molecule has 4 amide bonds. The van der Waals surface area contributed by atoms with E-state index in [1.54, 1.807) is 22.9 Å². The maximum atomic E-state index is 12.5. The summed E-state index contributed by atoms with van der Waals surface area (Å²) in [6, 6.07) is 5.33. The number of anilines is 1. The molecule has 0 aliphatic carbocycles. The number of benzene rings is 1. The Kier molecular flexibility index (Phi) is 4.92. The van der Waals surface area contributed by atoms with E-state index in [0.29, 0.717) is 38.0 Å². The Balaban J connectivity index is 1.63. The number of likely N-dealkylation sites (tertiary alicyclic amines) is 1. The van der Waals surface area contributed by atoms with Crippen LogP contribution in [0.4, 0.5) is 10.5 Å². The normalized spacial score (nSPS) is 19.6. The van der Waals surface area contributed by atoms with Gasteiger partial charge in [-0.1, -0.05) is 0 Å². The van der Waals surface area contributed by atoms with Crippen molar-refractivity contribution in [2.45, 2.75) is 32.2 Å². The number of nitrogens with zero attached hydrogens (tertiary/aromatic N) is 2. The van der Waals surface area contributed by atoms with Gasteiger partial charge in [-0.2, -0.15) is 0 Å². The standard InChI is InChI=1S/C18H24N4O3/c1-3-19-18(25)22-9-8-14(11-22)20-17(24)13-4-6-15-12(10-13)5-7-16(23)21(15)2/h4,6,10,14H,3,5,7-9,11H2,1-2H3,(H,19,25)(H,20,24). The van der Waals surface area contributed by atoms with Crippen LogP contribution in [0.2, 0.25) is 0 Å². The molecule has 2 aliphatic heterocycles. The summed E-state index contributed by atoms with van der Waals surface area (Å²) in [6.07, 6.45) is 1.89. The summed E-state index contributed by atoms with van der Waals surface area (Å²) in [4.78, 5) is 39.5. The summed E-state index contributed by atoms with van der Waals surface area (Å²) in [5.41, 5.74) is 2.49. The Labute approximate surface area is 147 Å². The molecular weight excluding hydrogens is 320 g/mol. The molecule has 2 N–H and O–H groups in total. The lowest BCUT2D eigenvalue weighted by Gasteiger charge is -2.26. The molecule has 0 bridgehead atoms. The summed E-state index contributed by atoms with van der Waals surface area (Å²) in [5.74, 6) is -0.0359. The van der Waals surface area contributed by atoms with E-state index in [2.05, 4.69) is 10.6 Å². The Hall–Kier alpha value is -2.57. The maximum absolute atomic E-state index is 12.5. The van der Waals surface area contributed by atoms with E-state index in [4.69, 9.17) is 0 Å². The lowest BCUT2D eigenvalue weighted by Crippen LogP contribution is -2.42. The maximum Gasteiger partial charge on any atom is 0.317 e. The smallest absolute Gasteiger partial charge is 0.317 e. The third-order valence-electron chi connectivity index (χ3n) is 4.82. The lowest BCUT2D eigenvalue weighted by atomic mass is 9.99. The van der Waals surface area contributed by atoms with Crippen molar-refractivity contribution in [3.05, 3.63) is 29.3 Å². The summed E-state index contributed by atoms with van der Waals surface area (Å²) in [6.45, 7) is 3.65. The van der Waals surface area contributed by atoms with Gasteiger partial charge in [-0.05, 0) is 43.5 Å². The Morgan fingerprint density at radius 1 is 1.28 bits per heavy atom. The second-order valence-electron chi connectivity index (χ2n) is 6.54. The first-order valence-electron chi connectivity index (χ1n) is 8.72. The predicted molar refractivity (Wildman–Crippen MR) is 94.7 cm³/mol. The molecular formula is C18H24N4O3. The number of nitrogens with one attached hydrogen (secondary N) is 2. The van der Waals surface area contributed by atoms with Gasteiger partial charge in [0.2, 0.25) is 5.91 Å². The van der Waals surface area contributed by atoms with E-state index in [-0.39, 0.29) is 23.9 Å². The van der Waals surface area contributed by atoms with Gasteiger partial charge >= 0.3 is 6.03 Å². The van der Waals surface area contributed by atoms with Crippen molar-refractivity contribution in [1.82, 2.24) is 15.5 Å². The molecule has 0 saturated carbocycles. The minimum atomic E-state index is -0.134. The van der Waals surface area contributed by atoms with Gasteiger partial charge in [0.05, 0.1) is 0 Å². The molecule has 25 heavy (non-hydrogen) atoms. The molecule has 1 aromatic carbocycles. The van der Waals surface area contributed by atoms with Gasteiger partial charge in [0.1, 0.15) is 0 Å². The highest BCUT2D eigenvalue weighted by molar-refractivity contribution is 5.99. The highest BCUT2D eigenvalue weighted by Crippen LogP contribution is 2.27. The molecule has 134 valence electrons. The van der Waals surface area contributed by atoms with Gasteiger partial charge in [0.15, 0.2) is 0 Å². The number of carbonyl (C=O) groups is 3. The number of hydrogen-bond donors (Lipinski definition) is 2. The average molecular weight is 344 g/mol. The van der Waals surface area contributed by atoms with Crippen molar-refractivity contribution in [3.8, 4) is 0 Å². The largest absolute Gasteiger partial charge is 0.347 e. The van der Waals surface area contributed by atoms with Crippen LogP contribution in [0.3, 0.4) is 0 Å². The number of amides is 4.